The topological polar surface area (TPSA) is 54.5 Å². The van der Waals surface area contributed by atoms with Gasteiger partial charge >= 0.3 is 0 Å². The first kappa shape index (κ1) is 21.6. The molecule has 0 saturated carbocycles. The lowest BCUT2D eigenvalue weighted by atomic mass is 9.85. The monoisotopic (exact) mass is 449 g/mol. The van der Waals surface area contributed by atoms with Gasteiger partial charge in [-0.25, -0.2) is 8.42 Å². The molecule has 7 heteroatoms. The van der Waals surface area contributed by atoms with Crippen LogP contribution in [0.1, 0.15) is 23.5 Å². The van der Waals surface area contributed by atoms with Crippen molar-refractivity contribution in [3.63, 3.8) is 0 Å². The third-order valence-electron chi connectivity index (χ3n) is 4.81. The highest BCUT2D eigenvalue weighted by atomic mass is 35.5. The zero-order chi connectivity index (χ0) is 21.2. The first-order valence-electron chi connectivity index (χ1n) is 9.02. The number of Topliss-reactive ketones (excluding diaryl/α,β-unsaturated/α-hetero) is 1. The van der Waals surface area contributed by atoms with Gasteiger partial charge in [-0.2, -0.15) is 0 Å². The fraction of sp³-hybridized carbons (Fsp3) is 0.227. The summed E-state index contributed by atoms with van der Waals surface area (Å²) in [6.07, 6.45) is 6.94. The number of likely N-dealkylation sites (N-methyl/N-ethyl adjacent to an activating group) is 1. The quantitative estimate of drug-likeness (QED) is 0.630. The maximum Gasteiger partial charge on any atom is 0.175 e. The summed E-state index contributed by atoms with van der Waals surface area (Å²) in [5, 5.41) is 1.02. The van der Waals surface area contributed by atoms with Gasteiger partial charge in [0.25, 0.3) is 0 Å². The van der Waals surface area contributed by atoms with Crippen LogP contribution in [0, 0.1) is 0 Å². The van der Waals surface area contributed by atoms with Crippen LogP contribution in [0.25, 0.3) is 0 Å². The van der Waals surface area contributed by atoms with E-state index in [2.05, 4.69) is 0 Å². The molecular weight excluding hydrogens is 429 g/mol. The summed E-state index contributed by atoms with van der Waals surface area (Å²) in [5.41, 5.74) is 2.15. The number of hydrogen-bond acceptors (Lipinski definition) is 4. The lowest BCUT2D eigenvalue weighted by molar-refractivity contribution is -0.115. The summed E-state index contributed by atoms with van der Waals surface area (Å²) in [6, 6.07) is 11.7. The number of ketones is 1. The van der Waals surface area contributed by atoms with Crippen molar-refractivity contribution in [2.45, 2.75) is 17.2 Å². The van der Waals surface area contributed by atoms with E-state index in [0.29, 0.717) is 15.6 Å². The molecule has 1 atom stereocenters. The average Bonchev–Trinajstić information content (AvgIpc) is 2.67. The van der Waals surface area contributed by atoms with Crippen LogP contribution in [0.3, 0.4) is 0 Å². The van der Waals surface area contributed by atoms with E-state index in [-0.39, 0.29) is 23.0 Å². The molecule has 0 amide bonds. The van der Waals surface area contributed by atoms with Gasteiger partial charge in [-0.05, 0) is 41.5 Å². The van der Waals surface area contributed by atoms with Crippen LogP contribution in [-0.2, 0) is 14.6 Å². The summed E-state index contributed by atoms with van der Waals surface area (Å²) in [6.45, 7) is 0.757. The standard InChI is InChI=1S/C22H21Cl2NO3S/c1-25-11-3-4-16(14-25)22(26)13-19(20-12-17(23)7-10-21(20)24)15-5-8-18(9-6-15)29(2,27)28/h3-10,12,14,19H,11,13H2,1-2H3. The maximum atomic E-state index is 13.0. The first-order chi connectivity index (χ1) is 13.6. The highest BCUT2D eigenvalue weighted by Gasteiger charge is 2.23. The number of sulfone groups is 1. The third-order valence-corrected chi connectivity index (χ3v) is 6.51. The predicted molar refractivity (Wildman–Crippen MR) is 117 cm³/mol. The number of nitrogens with zero attached hydrogens (tertiary/aromatic N) is 1. The van der Waals surface area contributed by atoms with Crippen LogP contribution in [0.2, 0.25) is 10.0 Å². The molecule has 3 rings (SSSR count). The fourth-order valence-corrected chi connectivity index (χ4v) is 4.34. The van der Waals surface area contributed by atoms with E-state index in [1.807, 2.05) is 30.3 Å². The molecule has 4 nitrogen and oxygen atoms in total. The first-order valence-corrected chi connectivity index (χ1v) is 11.7. The van der Waals surface area contributed by atoms with Crippen LogP contribution < -0.4 is 0 Å². The number of allylic oxidation sites excluding steroid dienone is 2. The second kappa shape index (κ2) is 8.74. The Labute approximate surface area is 181 Å². The van der Waals surface area contributed by atoms with Gasteiger partial charge < -0.3 is 4.90 Å². The zero-order valence-electron chi connectivity index (χ0n) is 16.1. The summed E-state index contributed by atoms with van der Waals surface area (Å²) >= 11 is 12.6. The van der Waals surface area contributed by atoms with Crippen molar-refractivity contribution in [2.24, 2.45) is 0 Å². The van der Waals surface area contributed by atoms with Gasteiger partial charge in [0.1, 0.15) is 0 Å². The Morgan fingerprint density at radius 3 is 2.45 bits per heavy atom. The maximum absolute atomic E-state index is 13.0. The van der Waals surface area contributed by atoms with Crippen molar-refractivity contribution in [3.05, 3.63) is 87.6 Å². The normalized spacial score (nSPS) is 15.2. The molecule has 0 bridgehead atoms. The summed E-state index contributed by atoms with van der Waals surface area (Å²) in [5.74, 6) is -0.384. The summed E-state index contributed by atoms with van der Waals surface area (Å²) in [7, 11) is -1.40. The van der Waals surface area contributed by atoms with Crippen molar-refractivity contribution < 1.29 is 13.2 Å². The molecule has 29 heavy (non-hydrogen) atoms. The Morgan fingerprint density at radius 1 is 1.14 bits per heavy atom. The van der Waals surface area contributed by atoms with Gasteiger partial charge in [-0.15, -0.1) is 0 Å². The molecule has 1 aliphatic heterocycles. The Morgan fingerprint density at radius 2 is 1.83 bits per heavy atom. The number of benzene rings is 2. The van der Waals surface area contributed by atoms with Crippen LogP contribution >= 0.6 is 23.2 Å². The second-order valence-corrected chi connectivity index (χ2v) is 9.97. The van der Waals surface area contributed by atoms with Crippen LogP contribution in [0.4, 0.5) is 0 Å². The molecule has 0 spiro atoms. The molecule has 1 aliphatic rings. The van der Waals surface area contributed by atoms with Crippen molar-refractivity contribution in [2.75, 3.05) is 19.8 Å². The largest absolute Gasteiger partial charge is 0.376 e. The van der Waals surface area contributed by atoms with Crippen molar-refractivity contribution in [1.29, 1.82) is 0 Å². The molecule has 0 fully saturated rings. The zero-order valence-corrected chi connectivity index (χ0v) is 18.4. The van der Waals surface area contributed by atoms with Gasteiger partial charge in [-0.3, -0.25) is 4.79 Å². The van der Waals surface area contributed by atoms with E-state index < -0.39 is 9.84 Å². The van der Waals surface area contributed by atoms with E-state index in [0.717, 1.165) is 23.9 Å². The fourth-order valence-electron chi connectivity index (χ4n) is 3.28. The van der Waals surface area contributed by atoms with Crippen molar-refractivity contribution in [3.8, 4) is 0 Å². The van der Waals surface area contributed by atoms with E-state index in [4.69, 9.17) is 23.2 Å². The minimum atomic E-state index is -3.31. The van der Waals surface area contributed by atoms with Crippen molar-refractivity contribution >= 4 is 38.8 Å². The Balaban J connectivity index is 2.01. The lowest BCUT2D eigenvalue weighted by Gasteiger charge is -2.22. The van der Waals surface area contributed by atoms with Gasteiger partial charge in [0.2, 0.25) is 0 Å². The second-order valence-electron chi connectivity index (χ2n) is 7.11. The van der Waals surface area contributed by atoms with E-state index in [1.54, 1.807) is 42.5 Å². The number of carbonyl (C=O) groups is 1. The predicted octanol–water partition coefficient (Wildman–Crippen LogP) is 4.87. The Bertz CT molecular complexity index is 1090. The van der Waals surface area contributed by atoms with E-state index in [9.17, 15) is 13.2 Å². The van der Waals surface area contributed by atoms with Gasteiger partial charge in [0.15, 0.2) is 15.6 Å². The lowest BCUT2D eigenvalue weighted by Crippen LogP contribution is -2.18. The minimum absolute atomic E-state index is 0.0268. The average molecular weight is 450 g/mol. The smallest absolute Gasteiger partial charge is 0.175 e. The highest BCUT2D eigenvalue weighted by molar-refractivity contribution is 7.90. The summed E-state index contributed by atoms with van der Waals surface area (Å²) in [4.78, 5) is 15.2. The molecule has 2 aromatic rings. The molecule has 0 N–H and O–H groups in total. The summed E-state index contributed by atoms with van der Waals surface area (Å²) < 4.78 is 23.6. The van der Waals surface area contributed by atoms with Crippen LogP contribution in [-0.4, -0.2) is 38.9 Å². The molecule has 0 radical (unpaired) electrons. The molecular formula is C22H21Cl2NO3S. The molecule has 0 aromatic heterocycles. The van der Waals surface area contributed by atoms with E-state index >= 15 is 0 Å². The number of rotatable bonds is 6. The number of halogens is 2. The molecule has 1 unspecified atom stereocenters. The van der Waals surface area contributed by atoms with Gasteiger partial charge in [-0.1, -0.05) is 47.5 Å². The van der Waals surface area contributed by atoms with Gasteiger partial charge in [0, 0.05) is 54.0 Å². The highest BCUT2D eigenvalue weighted by Crippen LogP contribution is 2.36. The molecule has 1 heterocycles. The third kappa shape index (κ3) is 5.30. The number of carbonyl (C=O) groups excluding carboxylic acids is 1. The number of hydrogen-bond donors (Lipinski definition) is 0. The van der Waals surface area contributed by atoms with Crippen LogP contribution in [0.15, 0.2) is 71.3 Å². The SMILES string of the molecule is CN1C=C(C(=O)CC(c2ccc(S(C)(=O)=O)cc2)c2cc(Cl)ccc2Cl)C=CC1. The van der Waals surface area contributed by atoms with Gasteiger partial charge in [0.05, 0.1) is 4.90 Å². The molecule has 0 saturated heterocycles. The minimum Gasteiger partial charge on any atom is -0.376 e. The molecule has 152 valence electrons. The van der Waals surface area contributed by atoms with Crippen molar-refractivity contribution in [1.82, 2.24) is 4.90 Å². The molecule has 2 aromatic carbocycles. The molecule has 0 aliphatic carbocycles. The Hall–Kier alpha value is -2.08. The van der Waals surface area contributed by atoms with Crippen LogP contribution in [0.5, 0.6) is 0 Å². The Kier molecular flexibility index (Phi) is 6.52. The van der Waals surface area contributed by atoms with E-state index in [1.165, 1.54) is 0 Å².